The lowest BCUT2D eigenvalue weighted by molar-refractivity contribution is -0.146. The first-order valence-corrected chi connectivity index (χ1v) is 10.4. The number of piperazine rings is 1. The molecule has 4 rings (SSSR count). The summed E-state index contributed by atoms with van der Waals surface area (Å²) in [5.41, 5.74) is 1.78. The monoisotopic (exact) mass is 400 g/mol. The number of carbonyl (C=O) groups is 3. The maximum absolute atomic E-state index is 12.9. The molecular formula is C21H28N4O4. The van der Waals surface area contributed by atoms with Crippen LogP contribution < -0.4 is 5.32 Å². The fourth-order valence-electron chi connectivity index (χ4n) is 3.73. The van der Waals surface area contributed by atoms with Gasteiger partial charge in [-0.15, -0.1) is 0 Å². The van der Waals surface area contributed by atoms with Crippen molar-refractivity contribution in [1.82, 2.24) is 20.0 Å². The first-order valence-electron chi connectivity index (χ1n) is 10.4. The molecule has 1 aromatic rings. The van der Waals surface area contributed by atoms with E-state index >= 15 is 0 Å². The van der Waals surface area contributed by atoms with Crippen LogP contribution in [0.3, 0.4) is 0 Å². The van der Waals surface area contributed by atoms with Crippen molar-refractivity contribution in [3.8, 4) is 0 Å². The van der Waals surface area contributed by atoms with Crippen LogP contribution in [-0.2, 0) is 20.9 Å². The lowest BCUT2D eigenvalue weighted by atomic mass is 10.1. The second kappa shape index (κ2) is 8.92. The Morgan fingerprint density at radius 3 is 2.34 bits per heavy atom. The van der Waals surface area contributed by atoms with Crippen LogP contribution in [0, 0.1) is 0 Å². The average Bonchev–Trinajstić information content (AvgIpc) is 3.58. The van der Waals surface area contributed by atoms with E-state index in [2.05, 4.69) is 10.2 Å². The quantitative estimate of drug-likeness (QED) is 0.724. The second-order valence-electron chi connectivity index (χ2n) is 7.92. The molecule has 156 valence electrons. The third-order valence-electron chi connectivity index (χ3n) is 5.64. The minimum Gasteiger partial charge on any atom is -0.379 e. The van der Waals surface area contributed by atoms with E-state index < -0.39 is 11.8 Å². The summed E-state index contributed by atoms with van der Waals surface area (Å²) in [6.45, 7) is 5.77. The van der Waals surface area contributed by atoms with Crippen LogP contribution in [0.1, 0.15) is 28.8 Å². The minimum absolute atomic E-state index is 0.0247. The van der Waals surface area contributed by atoms with Gasteiger partial charge in [0.2, 0.25) is 0 Å². The molecule has 1 N–H and O–H groups in total. The molecule has 0 bridgehead atoms. The number of morpholine rings is 1. The average molecular weight is 400 g/mol. The van der Waals surface area contributed by atoms with Crippen LogP contribution >= 0.6 is 0 Å². The Kier molecular flexibility index (Phi) is 6.10. The molecule has 2 saturated heterocycles. The van der Waals surface area contributed by atoms with E-state index in [0.29, 0.717) is 31.7 Å². The first-order chi connectivity index (χ1) is 14.1. The largest absolute Gasteiger partial charge is 0.379 e. The van der Waals surface area contributed by atoms with Gasteiger partial charge in [0.25, 0.3) is 5.91 Å². The van der Waals surface area contributed by atoms with Gasteiger partial charge >= 0.3 is 11.8 Å². The van der Waals surface area contributed by atoms with Crippen molar-refractivity contribution < 1.29 is 19.1 Å². The van der Waals surface area contributed by atoms with Crippen LogP contribution in [0.2, 0.25) is 0 Å². The van der Waals surface area contributed by atoms with Gasteiger partial charge in [0.1, 0.15) is 0 Å². The summed E-state index contributed by atoms with van der Waals surface area (Å²) < 4.78 is 5.39. The highest BCUT2D eigenvalue weighted by Gasteiger charge is 2.31. The highest BCUT2D eigenvalue weighted by Crippen LogP contribution is 2.19. The highest BCUT2D eigenvalue weighted by molar-refractivity contribution is 6.35. The summed E-state index contributed by atoms with van der Waals surface area (Å²) >= 11 is 0. The van der Waals surface area contributed by atoms with Crippen LogP contribution in [0.15, 0.2) is 24.3 Å². The minimum atomic E-state index is -0.525. The molecule has 8 nitrogen and oxygen atoms in total. The van der Waals surface area contributed by atoms with E-state index in [1.165, 1.54) is 4.90 Å². The third kappa shape index (κ3) is 5.13. The van der Waals surface area contributed by atoms with E-state index in [1.807, 2.05) is 24.3 Å². The number of nitrogens with zero attached hydrogens (tertiary/aromatic N) is 3. The lowest BCUT2D eigenvalue weighted by Crippen LogP contribution is -2.54. The Morgan fingerprint density at radius 1 is 0.966 bits per heavy atom. The summed E-state index contributed by atoms with van der Waals surface area (Å²) in [6.07, 6.45) is 1.90. The predicted octanol–water partition coefficient (Wildman–Crippen LogP) is 0.0818. The summed E-state index contributed by atoms with van der Waals surface area (Å²) in [4.78, 5) is 42.7. The van der Waals surface area contributed by atoms with Gasteiger partial charge in [0, 0.05) is 57.4 Å². The third-order valence-corrected chi connectivity index (χ3v) is 5.64. The number of hydrogen-bond donors (Lipinski definition) is 1. The number of rotatable bonds is 4. The number of nitrogens with one attached hydrogen (secondary N) is 1. The Labute approximate surface area is 170 Å². The fourth-order valence-corrected chi connectivity index (χ4v) is 3.73. The van der Waals surface area contributed by atoms with Crippen molar-refractivity contribution >= 4 is 17.7 Å². The molecule has 0 radical (unpaired) electrons. The summed E-state index contributed by atoms with van der Waals surface area (Å²) in [5, 5.41) is 2.73. The summed E-state index contributed by atoms with van der Waals surface area (Å²) in [7, 11) is 0. The SMILES string of the molecule is O=C(NC1CC1)C(=O)N1CCN(C(=O)c2cccc(CN3CCOCC3)c2)CC1. The lowest BCUT2D eigenvalue weighted by Gasteiger charge is -2.34. The molecule has 1 aliphatic carbocycles. The molecule has 0 atom stereocenters. The maximum Gasteiger partial charge on any atom is 0.312 e. The molecule has 1 aromatic carbocycles. The van der Waals surface area contributed by atoms with Crippen LogP contribution in [-0.4, -0.2) is 90.9 Å². The van der Waals surface area contributed by atoms with Crippen LogP contribution in [0.4, 0.5) is 0 Å². The highest BCUT2D eigenvalue weighted by atomic mass is 16.5. The number of benzene rings is 1. The second-order valence-corrected chi connectivity index (χ2v) is 7.92. The van der Waals surface area contributed by atoms with E-state index in [4.69, 9.17) is 4.74 Å². The molecule has 8 heteroatoms. The Balaban J connectivity index is 1.30. The molecular weight excluding hydrogens is 372 g/mol. The van der Waals surface area contributed by atoms with E-state index in [9.17, 15) is 14.4 Å². The Hall–Kier alpha value is -2.45. The Bertz CT molecular complexity index is 766. The standard InChI is InChI=1S/C21H28N4O4/c26-19(22-18-4-5-18)21(28)25-8-6-24(7-9-25)20(27)17-3-1-2-16(14-17)15-23-10-12-29-13-11-23/h1-3,14,18H,4-13,15H2,(H,22,26). The molecule has 0 aromatic heterocycles. The smallest absolute Gasteiger partial charge is 0.312 e. The number of hydrogen-bond acceptors (Lipinski definition) is 5. The van der Waals surface area contributed by atoms with Gasteiger partial charge in [-0.2, -0.15) is 0 Å². The normalized spacial score (nSPS) is 20.4. The van der Waals surface area contributed by atoms with Gasteiger partial charge in [0.05, 0.1) is 13.2 Å². The first kappa shape index (κ1) is 19.8. The summed E-state index contributed by atoms with van der Waals surface area (Å²) in [5.74, 6) is -1.04. The molecule has 3 amide bonds. The zero-order valence-electron chi connectivity index (χ0n) is 16.6. The molecule has 0 unspecified atom stereocenters. The maximum atomic E-state index is 12.9. The molecule has 1 saturated carbocycles. The summed E-state index contributed by atoms with van der Waals surface area (Å²) in [6, 6.07) is 7.93. The molecule has 3 fully saturated rings. The number of ether oxygens (including phenoxy) is 1. The van der Waals surface area contributed by atoms with Crippen LogP contribution in [0.5, 0.6) is 0 Å². The van der Waals surface area contributed by atoms with E-state index in [0.717, 1.165) is 51.3 Å². The molecule has 2 heterocycles. The predicted molar refractivity (Wildman–Crippen MR) is 106 cm³/mol. The molecule has 29 heavy (non-hydrogen) atoms. The van der Waals surface area contributed by atoms with Gasteiger partial charge in [-0.05, 0) is 30.5 Å². The van der Waals surface area contributed by atoms with Gasteiger partial charge in [-0.3, -0.25) is 19.3 Å². The van der Waals surface area contributed by atoms with Gasteiger partial charge in [-0.1, -0.05) is 12.1 Å². The van der Waals surface area contributed by atoms with Crippen molar-refractivity contribution in [2.45, 2.75) is 25.4 Å². The zero-order valence-corrected chi connectivity index (χ0v) is 16.6. The number of amides is 3. The Morgan fingerprint density at radius 2 is 1.66 bits per heavy atom. The van der Waals surface area contributed by atoms with E-state index in [-0.39, 0.29) is 11.9 Å². The van der Waals surface area contributed by atoms with Gasteiger partial charge < -0.3 is 19.9 Å². The van der Waals surface area contributed by atoms with E-state index in [1.54, 1.807) is 4.90 Å². The zero-order chi connectivity index (χ0) is 20.2. The molecule has 0 spiro atoms. The molecule has 2 aliphatic heterocycles. The van der Waals surface area contributed by atoms with Gasteiger partial charge in [-0.25, -0.2) is 0 Å². The van der Waals surface area contributed by atoms with Crippen molar-refractivity contribution in [3.05, 3.63) is 35.4 Å². The van der Waals surface area contributed by atoms with Crippen molar-refractivity contribution in [3.63, 3.8) is 0 Å². The van der Waals surface area contributed by atoms with Crippen molar-refractivity contribution in [1.29, 1.82) is 0 Å². The van der Waals surface area contributed by atoms with Crippen molar-refractivity contribution in [2.75, 3.05) is 52.5 Å². The topological polar surface area (TPSA) is 82.2 Å². The fraction of sp³-hybridized carbons (Fsp3) is 0.571. The number of carbonyl (C=O) groups excluding carboxylic acids is 3. The van der Waals surface area contributed by atoms with Crippen molar-refractivity contribution in [2.24, 2.45) is 0 Å². The van der Waals surface area contributed by atoms with Crippen LogP contribution in [0.25, 0.3) is 0 Å². The van der Waals surface area contributed by atoms with Gasteiger partial charge in [0.15, 0.2) is 0 Å². The molecule has 3 aliphatic rings.